The first kappa shape index (κ1) is 14.0. The molecule has 0 aliphatic carbocycles. The summed E-state index contributed by atoms with van der Waals surface area (Å²) in [5.41, 5.74) is 4.78. The predicted molar refractivity (Wildman–Crippen MR) is 81.9 cm³/mol. The van der Waals surface area contributed by atoms with Gasteiger partial charge < -0.3 is 5.32 Å². The van der Waals surface area contributed by atoms with Crippen LogP contribution >= 0.6 is 0 Å². The Morgan fingerprint density at radius 3 is 2.45 bits per heavy atom. The van der Waals surface area contributed by atoms with E-state index < -0.39 is 0 Å². The van der Waals surface area contributed by atoms with E-state index in [-0.39, 0.29) is 5.78 Å². The lowest BCUT2D eigenvalue weighted by molar-refractivity contribution is 0.104. The van der Waals surface area contributed by atoms with Gasteiger partial charge in [-0.15, -0.1) is 0 Å². The molecule has 0 saturated heterocycles. The van der Waals surface area contributed by atoms with Gasteiger partial charge >= 0.3 is 0 Å². The summed E-state index contributed by atoms with van der Waals surface area (Å²) in [6, 6.07) is 9.64. The third-order valence-corrected chi connectivity index (χ3v) is 3.10. The molecule has 3 heteroatoms. The second kappa shape index (κ2) is 6.15. The Morgan fingerprint density at radius 2 is 1.85 bits per heavy atom. The van der Waals surface area contributed by atoms with Gasteiger partial charge in [0, 0.05) is 35.4 Å². The molecule has 20 heavy (non-hydrogen) atoms. The largest absolute Gasteiger partial charge is 0.359 e. The molecule has 0 atom stereocenters. The van der Waals surface area contributed by atoms with Gasteiger partial charge in [0.2, 0.25) is 0 Å². The van der Waals surface area contributed by atoms with Gasteiger partial charge in [0.05, 0.1) is 0 Å². The standard InChI is InChI=1S/C17H18N2O/c1-12-6-4-7-13(2)17(12)19-14(3)10-16(20)15-8-5-9-18-11-15/h4-11,19H,1-3H3/b14-10+. The summed E-state index contributed by atoms with van der Waals surface area (Å²) < 4.78 is 0. The molecular weight excluding hydrogens is 248 g/mol. The molecule has 1 heterocycles. The Bertz CT molecular complexity index is 625. The molecule has 0 spiro atoms. The molecule has 102 valence electrons. The van der Waals surface area contributed by atoms with E-state index in [9.17, 15) is 4.79 Å². The van der Waals surface area contributed by atoms with Crippen LogP contribution in [0.25, 0.3) is 0 Å². The highest BCUT2D eigenvalue weighted by Crippen LogP contribution is 2.21. The number of rotatable bonds is 4. The Morgan fingerprint density at radius 1 is 1.15 bits per heavy atom. The van der Waals surface area contributed by atoms with Crippen LogP contribution in [0.1, 0.15) is 28.4 Å². The summed E-state index contributed by atoms with van der Waals surface area (Å²) in [5.74, 6) is -0.0469. The van der Waals surface area contributed by atoms with E-state index in [4.69, 9.17) is 0 Å². The highest BCUT2D eigenvalue weighted by atomic mass is 16.1. The van der Waals surface area contributed by atoms with Gasteiger partial charge in [0.25, 0.3) is 0 Å². The number of allylic oxidation sites excluding steroid dienone is 2. The normalized spacial score (nSPS) is 11.2. The van der Waals surface area contributed by atoms with Crippen LogP contribution in [0.15, 0.2) is 54.5 Å². The molecule has 1 aromatic heterocycles. The number of pyridine rings is 1. The summed E-state index contributed by atoms with van der Waals surface area (Å²) in [4.78, 5) is 16.0. The quantitative estimate of drug-likeness (QED) is 0.674. The molecule has 0 bridgehead atoms. The van der Waals surface area contributed by atoms with Gasteiger partial charge in [-0.1, -0.05) is 18.2 Å². The van der Waals surface area contributed by atoms with Gasteiger partial charge in [-0.3, -0.25) is 9.78 Å². The fourth-order valence-electron chi connectivity index (χ4n) is 2.03. The van der Waals surface area contributed by atoms with Crippen LogP contribution in [0, 0.1) is 13.8 Å². The van der Waals surface area contributed by atoms with Crippen molar-refractivity contribution >= 4 is 11.5 Å². The van der Waals surface area contributed by atoms with Crippen molar-refractivity contribution in [3.63, 3.8) is 0 Å². The van der Waals surface area contributed by atoms with Crippen LogP contribution in [-0.4, -0.2) is 10.8 Å². The zero-order chi connectivity index (χ0) is 14.5. The average molecular weight is 266 g/mol. The van der Waals surface area contributed by atoms with Crippen LogP contribution in [0.4, 0.5) is 5.69 Å². The minimum atomic E-state index is -0.0469. The summed E-state index contributed by atoms with van der Waals surface area (Å²) >= 11 is 0. The lowest BCUT2D eigenvalue weighted by Gasteiger charge is -2.12. The topological polar surface area (TPSA) is 42.0 Å². The first-order valence-electron chi connectivity index (χ1n) is 6.54. The van der Waals surface area contributed by atoms with Gasteiger partial charge in [-0.25, -0.2) is 0 Å². The number of hydrogen-bond donors (Lipinski definition) is 1. The maximum atomic E-state index is 12.1. The van der Waals surface area contributed by atoms with Crippen LogP contribution in [0.3, 0.4) is 0 Å². The molecule has 1 aromatic carbocycles. The number of benzene rings is 1. The van der Waals surface area contributed by atoms with Crippen LogP contribution < -0.4 is 5.32 Å². The van der Waals surface area contributed by atoms with Crippen molar-refractivity contribution < 1.29 is 4.79 Å². The Kier molecular flexibility index (Phi) is 4.31. The van der Waals surface area contributed by atoms with Gasteiger partial charge in [-0.2, -0.15) is 0 Å². The van der Waals surface area contributed by atoms with E-state index in [1.54, 1.807) is 30.6 Å². The second-order valence-corrected chi connectivity index (χ2v) is 4.83. The molecule has 0 saturated carbocycles. The van der Waals surface area contributed by atoms with E-state index in [0.29, 0.717) is 5.56 Å². The molecule has 2 aromatic rings. The van der Waals surface area contributed by atoms with Crippen LogP contribution in [0.5, 0.6) is 0 Å². The maximum absolute atomic E-state index is 12.1. The number of para-hydroxylation sites is 1. The number of aryl methyl sites for hydroxylation is 2. The average Bonchev–Trinajstić information content (AvgIpc) is 2.44. The Hall–Kier alpha value is -2.42. The molecule has 3 nitrogen and oxygen atoms in total. The van der Waals surface area contributed by atoms with E-state index in [2.05, 4.69) is 10.3 Å². The van der Waals surface area contributed by atoms with Gasteiger partial charge in [0.1, 0.15) is 0 Å². The van der Waals surface area contributed by atoms with Crippen molar-refractivity contribution in [2.45, 2.75) is 20.8 Å². The minimum absolute atomic E-state index is 0.0469. The van der Waals surface area contributed by atoms with Gasteiger partial charge in [-0.05, 0) is 44.0 Å². The first-order chi connectivity index (χ1) is 9.58. The van der Waals surface area contributed by atoms with Crippen molar-refractivity contribution in [1.82, 2.24) is 4.98 Å². The van der Waals surface area contributed by atoms with E-state index >= 15 is 0 Å². The summed E-state index contributed by atoms with van der Waals surface area (Å²) in [6.45, 7) is 5.98. The Balaban J connectivity index is 2.18. The number of carbonyl (C=O) groups is 1. The smallest absolute Gasteiger partial charge is 0.189 e. The molecule has 0 amide bonds. The van der Waals surface area contributed by atoms with Crippen molar-refractivity contribution in [2.75, 3.05) is 5.32 Å². The number of carbonyl (C=O) groups excluding carboxylic acids is 1. The van der Waals surface area contributed by atoms with Crippen molar-refractivity contribution in [1.29, 1.82) is 0 Å². The molecule has 0 aliphatic heterocycles. The SMILES string of the molecule is C/C(=C\C(=O)c1cccnc1)Nc1c(C)cccc1C. The second-order valence-electron chi connectivity index (χ2n) is 4.83. The highest BCUT2D eigenvalue weighted by Gasteiger charge is 2.05. The molecule has 1 N–H and O–H groups in total. The fraction of sp³-hybridized carbons (Fsp3) is 0.176. The number of ketones is 1. The van der Waals surface area contributed by atoms with E-state index in [1.165, 1.54) is 0 Å². The zero-order valence-corrected chi connectivity index (χ0v) is 12.0. The van der Waals surface area contributed by atoms with Crippen molar-refractivity contribution in [3.05, 3.63) is 71.2 Å². The predicted octanol–water partition coefficient (Wildman–Crippen LogP) is 3.90. The van der Waals surface area contributed by atoms with Crippen molar-refractivity contribution in [2.24, 2.45) is 0 Å². The number of aromatic nitrogens is 1. The van der Waals surface area contributed by atoms with Crippen LogP contribution in [-0.2, 0) is 0 Å². The third-order valence-electron chi connectivity index (χ3n) is 3.10. The van der Waals surface area contributed by atoms with E-state index in [1.807, 2.05) is 39.0 Å². The fourth-order valence-corrected chi connectivity index (χ4v) is 2.03. The number of nitrogens with one attached hydrogen (secondary N) is 1. The molecule has 0 fully saturated rings. The lowest BCUT2D eigenvalue weighted by Crippen LogP contribution is -2.04. The summed E-state index contributed by atoms with van der Waals surface area (Å²) in [6.07, 6.45) is 4.83. The molecule has 0 aliphatic rings. The van der Waals surface area contributed by atoms with E-state index in [0.717, 1.165) is 22.5 Å². The maximum Gasteiger partial charge on any atom is 0.189 e. The monoisotopic (exact) mass is 266 g/mol. The van der Waals surface area contributed by atoms with Gasteiger partial charge in [0.15, 0.2) is 5.78 Å². The lowest BCUT2D eigenvalue weighted by atomic mass is 10.1. The number of anilines is 1. The molecule has 0 radical (unpaired) electrons. The summed E-state index contributed by atoms with van der Waals surface area (Å²) in [7, 11) is 0. The zero-order valence-electron chi connectivity index (χ0n) is 12.0. The first-order valence-corrected chi connectivity index (χ1v) is 6.54. The highest BCUT2D eigenvalue weighted by molar-refractivity contribution is 6.04. The summed E-state index contributed by atoms with van der Waals surface area (Å²) in [5, 5.41) is 3.30. The van der Waals surface area contributed by atoms with Crippen molar-refractivity contribution in [3.8, 4) is 0 Å². The molecular formula is C17H18N2O. The minimum Gasteiger partial charge on any atom is -0.359 e. The Labute approximate surface area is 119 Å². The molecule has 0 unspecified atom stereocenters. The number of nitrogens with zero attached hydrogens (tertiary/aromatic N) is 1. The van der Waals surface area contributed by atoms with Crippen LogP contribution in [0.2, 0.25) is 0 Å². The molecule has 2 rings (SSSR count). The number of hydrogen-bond acceptors (Lipinski definition) is 3. The third kappa shape index (κ3) is 3.32.